The topological polar surface area (TPSA) is 81.7 Å². The van der Waals surface area contributed by atoms with Crippen LogP contribution in [0, 0.1) is 12.3 Å². The van der Waals surface area contributed by atoms with Gasteiger partial charge in [0.05, 0.1) is 10.3 Å². The molecule has 1 aliphatic carbocycles. The van der Waals surface area contributed by atoms with Crippen LogP contribution in [0.3, 0.4) is 0 Å². The van der Waals surface area contributed by atoms with Gasteiger partial charge in [0, 0.05) is 13.0 Å². The van der Waals surface area contributed by atoms with Crippen LogP contribution in [0.15, 0.2) is 65.6 Å². The molecule has 0 saturated heterocycles. The van der Waals surface area contributed by atoms with E-state index in [1.165, 1.54) is 0 Å². The Labute approximate surface area is 225 Å². The number of benzene rings is 3. The summed E-state index contributed by atoms with van der Waals surface area (Å²) < 4.78 is 39.1. The number of hydrogen-bond donors (Lipinski definition) is 1. The Hall–Kier alpha value is -3.16. The zero-order valence-corrected chi connectivity index (χ0v) is 23.3. The fourth-order valence-electron chi connectivity index (χ4n) is 4.95. The van der Waals surface area contributed by atoms with E-state index in [-0.39, 0.29) is 22.9 Å². The molecule has 6 nitrogen and oxygen atoms in total. The molecule has 0 amide bonds. The lowest BCUT2D eigenvalue weighted by Crippen LogP contribution is -2.27. The van der Waals surface area contributed by atoms with Crippen LogP contribution in [0.4, 0.5) is 0 Å². The molecule has 1 saturated carbocycles. The molecule has 38 heavy (non-hydrogen) atoms. The lowest BCUT2D eigenvalue weighted by molar-refractivity contribution is -0.120. The number of fused-ring (bicyclic) bond motifs is 1. The summed E-state index contributed by atoms with van der Waals surface area (Å²) in [5.41, 5.74) is 4.52. The van der Waals surface area contributed by atoms with Crippen molar-refractivity contribution in [3.8, 4) is 22.6 Å². The van der Waals surface area contributed by atoms with Gasteiger partial charge in [0.15, 0.2) is 11.5 Å². The number of Topliss-reactive ketones (excluding diaryl/α,β-unsaturated/α-hetero) is 1. The third kappa shape index (κ3) is 5.49. The average molecular weight is 534 g/mol. The molecule has 0 spiro atoms. The van der Waals surface area contributed by atoms with Gasteiger partial charge in [-0.1, -0.05) is 57.2 Å². The van der Waals surface area contributed by atoms with Crippen molar-refractivity contribution in [2.75, 3.05) is 13.3 Å². The Balaban J connectivity index is 1.31. The third-order valence-corrected chi connectivity index (χ3v) is 9.00. The molecular formula is C31H35NO5S. The number of nitrogens with one attached hydrogen (secondary N) is 1. The van der Waals surface area contributed by atoms with E-state index in [0.717, 1.165) is 52.8 Å². The minimum Gasteiger partial charge on any atom is -0.454 e. The van der Waals surface area contributed by atoms with Gasteiger partial charge >= 0.3 is 0 Å². The number of ether oxygens (including phenoxy) is 2. The minimum absolute atomic E-state index is 0.0555. The zero-order chi connectivity index (χ0) is 27.1. The Morgan fingerprint density at radius 1 is 0.947 bits per heavy atom. The second kappa shape index (κ2) is 9.86. The summed E-state index contributed by atoms with van der Waals surface area (Å²) in [5.74, 6) is 1.63. The normalized spacial score (nSPS) is 15.9. The highest BCUT2D eigenvalue weighted by atomic mass is 32.2. The molecule has 0 unspecified atom stereocenters. The molecule has 1 fully saturated rings. The van der Waals surface area contributed by atoms with Crippen LogP contribution in [0.2, 0.25) is 0 Å². The molecule has 1 aliphatic heterocycles. The zero-order valence-electron chi connectivity index (χ0n) is 22.5. The number of hydrogen-bond acceptors (Lipinski definition) is 5. The highest BCUT2D eigenvalue weighted by Crippen LogP contribution is 2.51. The summed E-state index contributed by atoms with van der Waals surface area (Å²) in [5, 5.41) is 0. The van der Waals surface area contributed by atoms with Crippen molar-refractivity contribution < 1.29 is 22.7 Å². The quantitative estimate of drug-likeness (QED) is 0.368. The Kier molecular flexibility index (Phi) is 6.86. The maximum atomic E-state index is 13.5. The van der Waals surface area contributed by atoms with Crippen molar-refractivity contribution in [1.82, 2.24) is 4.72 Å². The van der Waals surface area contributed by atoms with Crippen molar-refractivity contribution in [1.29, 1.82) is 0 Å². The van der Waals surface area contributed by atoms with Gasteiger partial charge in [-0.3, -0.25) is 4.79 Å². The van der Waals surface area contributed by atoms with Crippen LogP contribution in [-0.4, -0.2) is 27.5 Å². The van der Waals surface area contributed by atoms with E-state index in [9.17, 15) is 13.2 Å². The van der Waals surface area contributed by atoms with E-state index in [2.05, 4.69) is 25.5 Å². The van der Waals surface area contributed by atoms with Crippen LogP contribution >= 0.6 is 0 Å². The number of sulfonamides is 1. The molecule has 0 aromatic heterocycles. The van der Waals surface area contributed by atoms with Gasteiger partial charge in [-0.05, 0) is 83.7 Å². The van der Waals surface area contributed by atoms with E-state index in [4.69, 9.17) is 9.47 Å². The first-order valence-corrected chi connectivity index (χ1v) is 14.6. The smallest absolute Gasteiger partial charge is 0.240 e. The predicted octanol–water partition coefficient (Wildman–Crippen LogP) is 5.95. The van der Waals surface area contributed by atoms with Crippen LogP contribution in [0.1, 0.15) is 56.7 Å². The first-order valence-electron chi connectivity index (χ1n) is 13.1. The van der Waals surface area contributed by atoms with Crippen molar-refractivity contribution in [2.24, 2.45) is 5.41 Å². The standard InChI is InChI=1S/C31H35NO5S/c1-21-5-6-22(18-29(33)31(13-14-31)24-9-12-27-28(19-24)37-20-36-27)17-26(21)23-7-10-25(11-8-23)38(34,35)32-16-15-30(2,3)4/h5-12,17,19,32H,13-16,18,20H2,1-4H3. The van der Waals surface area contributed by atoms with E-state index < -0.39 is 15.4 Å². The molecule has 1 N–H and O–H groups in total. The van der Waals surface area contributed by atoms with Crippen molar-refractivity contribution in [3.63, 3.8) is 0 Å². The van der Waals surface area contributed by atoms with Crippen molar-refractivity contribution in [3.05, 3.63) is 77.4 Å². The van der Waals surface area contributed by atoms with E-state index in [1.54, 1.807) is 12.1 Å². The molecule has 200 valence electrons. The second-order valence-corrected chi connectivity index (χ2v) is 13.4. The van der Waals surface area contributed by atoms with Crippen LogP contribution in [0.25, 0.3) is 11.1 Å². The summed E-state index contributed by atoms with van der Waals surface area (Å²) in [4.78, 5) is 13.7. The third-order valence-electron chi connectivity index (χ3n) is 7.52. The first kappa shape index (κ1) is 26.4. The van der Waals surface area contributed by atoms with Gasteiger partial charge in [-0.2, -0.15) is 0 Å². The molecule has 0 bridgehead atoms. The summed E-state index contributed by atoms with van der Waals surface area (Å²) in [6.45, 7) is 8.89. The molecule has 3 aromatic rings. The van der Waals surface area contributed by atoms with Gasteiger partial charge in [0.2, 0.25) is 16.8 Å². The molecule has 2 aliphatic rings. The average Bonchev–Trinajstić information content (AvgIpc) is 3.55. The summed E-state index contributed by atoms with van der Waals surface area (Å²) in [6.07, 6.45) is 2.77. The molecule has 0 atom stereocenters. The fraction of sp³-hybridized carbons (Fsp3) is 0.387. The van der Waals surface area contributed by atoms with Crippen LogP contribution < -0.4 is 14.2 Å². The van der Waals surface area contributed by atoms with Gasteiger partial charge < -0.3 is 9.47 Å². The second-order valence-electron chi connectivity index (χ2n) is 11.6. The van der Waals surface area contributed by atoms with E-state index in [0.29, 0.717) is 18.7 Å². The van der Waals surface area contributed by atoms with Crippen molar-refractivity contribution in [2.45, 2.75) is 63.7 Å². The monoisotopic (exact) mass is 533 g/mol. The molecule has 0 radical (unpaired) electrons. The number of carbonyl (C=O) groups is 1. The predicted molar refractivity (Wildman–Crippen MR) is 148 cm³/mol. The van der Waals surface area contributed by atoms with E-state index >= 15 is 0 Å². The van der Waals surface area contributed by atoms with E-state index in [1.807, 2.05) is 55.5 Å². The Morgan fingerprint density at radius 3 is 2.34 bits per heavy atom. The number of rotatable bonds is 9. The molecule has 3 aromatic carbocycles. The Bertz CT molecular complexity index is 1470. The maximum Gasteiger partial charge on any atom is 0.240 e. The molecule has 1 heterocycles. The maximum absolute atomic E-state index is 13.5. The molecule has 5 rings (SSSR count). The van der Waals surface area contributed by atoms with Gasteiger partial charge in [-0.15, -0.1) is 0 Å². The SMILES string of the molecule is Cc1ccc(CC(=O)C2(c3ccc4c(c3)OCO4)CC2)cc1-c1ccc(S(=O)(=O)NCCC(C)(C)C)cc1. The van der Waals surface area contributed by atoms with Gasteiger partial charge in [0.25, 0.3) is 0 Å². The highest BCUT2D eigenvalue weighted by molar-refractivity contribution is 7.89. The highest BCUT2D eigenvalue weighted by Gasteiger charge is 2.50. The summed E-state index contributed by atoms with van der Waals surface area (Å²) in [7, 11) is -3.57. The number of aryl methyl sites for hydroxylation is 1. The minimum atomic E-state index is -3.57. The molecule has 7 heteroatoms. The Morgan fingerprint density at radius 2 is 1.66 bits per heavy atom. The van der Waals surface area contributed by atoms with Crippen LogP contribution in [0.5, 0.6) is 11.5 Å². The first-order chi connectivity index (χ1) is 18.0. The van der Waals surface area contributed by atoms with Gasteiger partial charge in [0.1, 0.15) is 5.78 Å². The van der Waals surface area contributed by atoms with Crippen molar-refractivity contribution >= 4 is 15.8 Å². The van der Waals surface area contributed by atoms with Crippen LogP contribution in [-0.2, 0) is 26.7 Å². The lowest BCUT2D eigenvalue weighted by atomic mass is 9.87. The van der Waals surface area contributed by atoms with Gasteiger partial charge in [-0.25, -0.2) is 13.1 Å². The fourth-order valence-corrected chi connectivity index (χ4v) is 5.98. The lowest BCUT2D eigenvalue weighted by Gasteiger charge is -2.18. The summed E-state index contributed by atoms with van der Waals surface area (Å²) >= 11 is 0. The molecular weight excluding hydrogens is 498 g/mol. The number of ketones is 1. The largest absolute Gasteiger partial charge is 0.454 e. The number of carbonyl (C=O) groups excluding carboxylic acids is 1. The summed E-state index contributed by atoms with van der Waals surface area (Å²) in [6, 6.07) is 18.8.